The minimum atomic E-state index is -0.539. The van der Waals surface area contributed by atoms with Crippen molar-refractivity contribution in [3.63, 3.8) is 0 Å². The van der Waals surface area contributed by atoms with E-state index in [9.17, 15) is 4.79 Å². The van der Waals surface area contributed by atoms with Gasteiger partial charge in [-0.05, 0) is 79.1 Å². The van der Waals surface area contributed by atoms with Crippen molar-refractivity contribution in [1.29, 1.82) is 0 Å². The van der Waals surface area contributed by atoms with Crippen LogP contribution >= 0.6 is 11.3 Å². The third kappa shape index (κ3) is 5.35. The summed E-state index contributed by atoms with van der Waals surface area (Å²) in [6.45, 7) is 15.9. The molecule has 0 unspecified atom stereocenters. The second-order valence-electron chi connectivity index (χ2n) is 8.61. The van der Waals surface area contributed by atoms with Gasteiger partial charge in [-0.15, -0.1) is 11.3 Å². The molecule has 0 radical (unpaired) electrons. The van der Waals surface area contributed by atoms with E-state index in [1.807, 2.05) is 54.5 Å². The van der Waals surface area contributed by atoms with Crippen molar-refractivity contribution in [1.82, 2.24) is 5.32 Å². The molecule has 5 nitrogen and oxygen atoms in total. The van der Waals surface area contributed by atoms with Gasteiger partial charge in [-0.3, -0.25) is 0 Å². The maximum atomic E-state index is 12.0. The summed E-state index contributed by atoms with van der Waals surface area (Å²) in [5, 5.41) is 2.81. The highest BCUT2D eigenvalue weighted by Gasteiger charge is 2.52. The molecular weight excluding hydrogens is 349 g/mol. The summed E-state index contributed by atoms with van der Waals surface area (Å²) < 4.78 is 17.7. The van der Waals surface area contributed by atoms with Gasteiger partial charge in [0.25, 0.3) is 0 Å². The van der Waals surface area contributed by atoms with Gasteiger partial charge in [0.1, 0.15) is 5.60 Å². The maximum absolute atomic E-state index is 12.0. The van der Waals surface area contributed by atoms with Gasteiger partial charge in [0.15, 0.2) is 0 Å². The second kappa shape index (κ2) is 7.37. The van der Waals surface area contributed by atoms with Crippen LogP contribution in [0.15, 0.2) is 17.6 Å². The lowest BCUT2D eigenvalue weighted by Gasteiger charge is -2.32. The van der Waals surface area contributed by atoms with Crippen LogP contribution in [0.3, 0.4) is 0 Å². The highest BCUT2D eigenvalue weighted by molar-refractivity contribution is 7.12. The van der Waals surface area contributed by atoms with Crippen LogP contribution in [0.1, 0.15) is 58.2 Å². The Morgan fingerprint density at radius 2 is 1.81 bits per heavy atom. The second-order valence-corrected chi connectivity index (χ2v) is 9.93. The third-order valence-corrected chi connectivity index (χ3v) is 5.43. The Morgan fingerprint density at radius 3 is 2.27 bits per heavy atom. The molecular formula is C19H30BNO4S. The van der Waals surface area contributed by atoms with Gasteiger partial charge in [0.2, 0.25) is 0 Å². The van der Waals surface area contributed by atoms with Crippen molar-refractivity contribution in [2.24, 2.45) is 0 Å². The molecule has 7 heteroatoms. The first-order valence-electron chi connectivity index (χ1n) is 8.88. The first-order chi connectivity index (χ1) is 11.8. The molecule has 1 amide bonds. The van der Waals surface area contributed by atoms with E-state index in [-0.39, 0.29) is 0 Å². The van der Waals surface area contributed by atoms with Crippen LogP contribution < -0.4 is 5.32 Å². The lowest BCUT2D eigenvalue weighted by molar-refractivity contribution is 0.00578. The van der Waals surface area contributed by atoms with E-state index in [1.165, 1.54) is 4.88 Å². The van der Waals surface area contributed by atoms with Crippen molar-refractivity contribution in [2.45, 2.75) is 72.2 Å². The van der Waals surface area contributed by atoms with Crippen LogP contribution in [0.5, 0.6) is 0 Å². The zero-order valence-corrected chi connectivity index (χ0v) is 17.9. The molecule has 0 saturated carbocycles. The van der Waals surface area contributed by atoms with Gasteiger partial charge >= 0.3 is 13.2 Å². The molecule has 0 spiro atoms. The number of hydrogen-bond acceptors (Lipinski definition) is 5. The largest absolute Gasteiger partial charge is 0.492 e. The van der Waals surface area contributed by atoms with Crippen LogP contribution in [-0.2, 0) is 14.0 Å². The summed E-state index contributed by atoms with van der Waals surface area (Å²) in [4.78, 5) is 14.4. The van der Waals surface area contributed by atoms with E-state index >= 15 is 0 Å². The summed E-state index contributed by atoms with van der Waals surface area (Å²) in [6, 6.07) is 4.12. The van der Waals surface area contributed by atoms with Crippen molar-refractivity contribution in [2.75, 3.05) is 6.54 Å². The van der Waals surface area contributed by atoms with Gasteiger partial charge in [-0.25, -0.2) is 4.79 Å². The molecule has 0 aliphatic carbocycles. The van der Waals surface area contributed by atoms with Gasteiger partial charge in [0, 0.05) is 16.3 Å². The van der Waals surface area contributed by atoms with Gasteiger partial charge in [-0.2, -0.15) is 0 Å². The first kappa shape index (κ1) is 21.0. The highest BCUT2D eigenvalue weighted by Crippen LogP contribution is 2.39. The molecule has 1 fully saturated rings. The molecule has 144 valence electrons. The number of thiophene rings is 1. The Morgan fingerprint density at radius 1 is 1.23 bits per heavy atom. The zero-order valence-electron chi connectivity index (χ0n) is 17.1. The van der Waals surface area contributed by atoms with E-state index < -0.39 is 30.0 Å². The number of aryl methyl sites for hydroxylation is 1. The molecule has 0 aromatic carbocycles. The van der Waals surface area contributed by atoms with Crippen LogP contribution in [0, 0.1) is 6.92 Å². The lowest BCUT2D eigenvalue weighted by atomic mass is 9.77. The number of nitrogens with one attached hydrogen (secondary N) is 1. The molecule has 1 aliphatic heterocycles. The number of amides is 1. The normalized spacial score (nSPS) is 19.5. The minimum absolute atomic E-state index is 0.294. The number of rotatable bonds is 4. The Hall–Kier alpha value is -1.31. The van der Waals surface area contributed by atoms with Gasteiger partial charge < -0.3 is 19.4 Å². The fraction of sp³-hybridized carbons (Fsp3) is 0.632. The molecule has 26 heavy (non-hydrogen) atoms. The molecule has 1 aromatic rings. The van der Waals surface area contributed by atoms with Crippen molar-refractivity contribution in [3.8, 4) is 0 Å². The monoisotopic (exact) mass is 379 g/mol. The summed E-state index contributed by atoms with van der Waals surface area (Å²) in [5.41, 5.74) is -0.554. The molecule has 0 atom stereocenters. The molecule has 1 aromatic heterocycles. The van der Waals surface area contributed by atoms with Crippen LogP contribution in [-0.4, -0.2) is 36.6 Å². The number of carbonyl (C=O) groups excluding carboxylic acids is 1. The average molecular weight is 379 g/mol. The third-order valence-electron chi connectivity index (χ3n) is 4.48. The van der Waals surface area contributed by atoms with Crippen LogP contribution in [0.4, 0.5) is 4.79 Å². The Kier molecular flexibility index (Phi) is 5.95. The fourth-order valence-electron chi connectivity index (χ4n) is 2.40. The number of carbonyl (C=O) groups is 1. The SMILES string of the molecule is Cc1ccc(C=C(CNC(=O)OC(C)(C)C)B2OC(C)(C)C(C)(C)O2)s1. The minimum Gasteiger partial charge on any atom is -0.444 e. The number of ether oxygens (including phenoxy) is 1. The van der Waals surface area contributed by atoms with E-state index in [0.717, 1.165) is 10.3 Å². The summed E-state index contributed by atoms with van der Waals surface area (Å²) in [6.07, 6.45) is 1.57. The van der Waals surface area contributed by atoms with E-state index in [1.54, 1.807) is 11.3 Å². The van der Waals surface area contributed by atoms with Gasteiger partial charge in [0.05, 0.1) is 11.2 Å². The quantitative estimate of drug-likeness (QED) is 0.777. The number of alkyl carbamates (subject to hydrolysis) is 1. The Bertz CT molecular complexity index is 672. The zero-order chi connectivity index (χ0) is 19.8. The van der Waals surface area contributed by atoms with Gasteiger partial charge in [-0.1, -0.05) is 0 Å². The molecule has 2 rings (SSSR count). The summed E-state index contributed by atoms with van der Waals surface area (Å²) in [5.74, 6) is 0. The lowest BCUT2D eigenvalue weighted by Crippen LogP contribution is -2.41. The summed E-state index contributed by atoms with van der Waals surface area (Å²) in [7, 11) is -0.516. The molecule has 1 saturated heterocycles. The molecule has 1 aliphatic rings. The average Bonchev–Trinajstić information content (AvgIpc) is 2.93. The van der Waals surface area contributed by atoms with E-state index in [0.29, 0.717) is 6.54 Å². The standard InChI is InChI=1S/C19H30BNO4S/c1-13-9-10-15(26-13)11-14(12-21-16(22)23-17(2,3)4)20-24-18(5,6)19(7,8)25-20/h9-11H,12H2,1-8H3,(H,21,22). The van der Waals surface area contributed by atoms with Crippen molar-refractivity contribution >= 4 is 30.6 Å². The maximum Gasteiger partial charge on any atom is 0.492 e. The summed E-state index contributed by atoms with van der Waals surface area (Å²) >= 11 is 1.69. The topological polar surface area (TPSA) is 56.8 Å². The molecule has 2 heterocycles. The van der Waals surface area contributed by atoms with E-state index in [2.05, 4.69) is 24.4 Å². The highest BCUT2D eigenvalue weighted by atomic mass is 32.1. The Labute approximate surface area is 161 Å². The smallest absolute Gasteiger partial charge is 0.444 e. The number of hydrogen-bond donors (Lipinski definition) is 1. The van der Waals surface area contributed by atoms with Crippen molar-refractivity contribution < 1.29 is 18.8 Å². The predicted molar refractivity (Wildman–Crippen MR) is 107 cm³/mol. The first-order valence-corrected chi connectivity index (χ1v) is 9.70. The van der Waals surface area contributed by atoms with Crippen molar-refractivity contribution in [3.05, 3.63) is 27.4 Å². The fourth-order valence-corrected chi connectivity index (χ4v) is 3.25. The van der Waals surface area contributed by atoms with Crippen LogP contribution in [0.25, 0.3) is 6.08 Å². The Balaban J connectivity index is 2.18. The predicted octanol–water partition coefficient (Wildman–Crippen LogP) is 4.60. The molecule has 1 N–H and O–H groups in total. The van der Waals surface area contributed by atoms with Crippen LogP contribution in [0.2, 0.25) is 0 Å². The van der Waals surface area contributed by atoms with E-state index in [4.69, 9.17) is 14.0 Å². The molecule has 0 bridgehead atoms.